The topological polar surface area (TPSA) is 32.3 Å². The van der Waals surface area contributed by atoms with Crippen molar-refractivity contribution in [2.24, 2.45) is 0 Å². The van der Waals surface area contributed by atoms with Crippen LogP contribution in [0.15, 0.2) is 18.2 Å². The van der Waals surface area contributed by atoms with Crippen LogP contribution >= 0.6 is 0 Å². The quantitative estimate of drug-likeness (QED) is 0.655. The van der Waals surface area contributed by atoms with Crippen LogP contribution < -0.4 is 5.32 Å². The van der Waals surface area contributed by atoms with E-state index in [1.54, 1.807) is 0 Å². The van der Waals surface area contributed by atoms with Gasteiger partial charge in [-0.05, 0) is 37.0 Å². The van der Waals surface area contributed by atoms with Crippen LogP contribution in [-0.2, 0) is 5.60 Å². The van der Waals surface area contributed by atoms with Crippen molar-refractivity contribution in [3.63, 3.8) is 0 Å². The minimum Gasteiger partial charge on any atom is -0.385 e. The zero-order chi connectivity index (χ0) is 9.76. The van der Waals surface area contributed by atoms with Crippen molar-refractivity contribution >= 4 is 5.69 Å². The molecule has 1 heterocycles. The maximum atomic E-state index is 10.3. The summed E-state index contributed by atoms with van der Waals surface area (Å²) in [6.45, 7) is 2.97. The van der Waals surface area contributed by atoms with Gasteiger partial charge >= 0.3 is 0 Å². The molecule has 1 aliphatic heterocycles. The van der Waals surface area contributed by atoms with Gasteiger partial charge in [0.05, 0.1) is 5.60 Å². The number of anilines is 1. The normalized spacial score (nSPS) is 33.7. The molecule has 1 aromatic carbocycles. The van der Waals surface area contributed by atoms with Crippen LogP contribution in [-0.4, -0.2) is 11.7 Å². The lowest BCUT2D eigenvalue weighted by atomic mass is 9.75. The van der Waals surface area contributed by atoms with Crippen molar-refractivity contribution in [2.45, 2.75) is 31.3 Å². The van der Waals surface area contributed by atoms with E-state index >= 15 is 0 Å². The van der Waals surface area contributed by atoms with E-state index in [1.165, 1.54) is 11.3 Å². The van der Waals surface area contributed by atoms with Crippen molar-refractivity contribution in [1.82, 2.24) is 0 Å². The lowest BCUT2D eigenvalue weighted by molar-refractivity contribution is 0.0359. The highest BCUT2D eigenvalue weighted by Crippen LogP contribution is 2.47. The summed E-state index contributed by atoms with van der Waals surface area (Å²) >= 11 is 0. The molecular formula is C12H15NO. The number of benzene rings is 1. The Morgan fingerprint density at radius 3 is 3.21 bits per heavy atom. The summed E-state index contributed by atoms with van der Waals surface area (Å²) < 4.78 is 0. The monoisotopic (exact) mass is 189 g/mol. The first kappa shape index (κ1) is 8.30. The summed E-state index contributed by atoms with van der Waals surface area (Å²) in [6.07, 6.45) is 1.99. The maximum absolute atomic E-state index is 10.3. The van der Waals surface area contributed by atoms with Crippen LogP contribution in [0.3, 0.4) is 0 Å². The Morgan fingerprint density at radius 1 is 1.50 bits per heavy atom. The van der Waals surface area contributed by atoms with Gasteiger partial charge in [-0.1, -0.05) is 12.1 Å². The van der Waals surface area contributed by atoms with Crippen molar-refractivity contribution in [2.75, 3.05) is 11.9 Å². The molecule has 0 saturated carbocycles. The van der Waals surface area contributed by atoms with Gasteiger partial charge in [-0.15, -0.1) is 0 Å². The van der Waals surface area contributed by atoms with Crippen LogP contribution in [0.2, 0.25) is 0 Å². The zero-order valence-corrected chi connectivity index (χ0v) is 8.38. The standard InChI is InChI=1S/C12H15NO/c1-12(14)6-5-8-7-13-10-4-2-3-9(12)11(8)10/h2-4,8,13-14H,5-7H2,1H3. The molecule has 0 spiro atoms. The largest absolute Gasteiger partial charge is 0.385 e. The lowest BCUT2D eigenvalue weighted by Crippen LogP contribution is -2.28. The minimum atomic E-state index is -0.617. The van der Waals surface area contributed by atoms with Gasteiger partial charge in [-0.3, -0.25) is 0 Å². The molecule has 0 amide bonds. The molecule has 2 nitrogen and oxygen atoms in total. The zero-order valence-electron chi connectivity index (χ0n) is 8.38. The number of aliphatic hydroxyl groups is 1. The Labute approximate surface area is 84.0 Å². The summed E-state index contributed by atoms with van der Waals surface area (Å²) in [7, 11) is 0. The highest BCUT2D eigenvalue weighted by molar-refractivity contribution is 5.62. The second-order valence-corrected chi connectivity index (χ2v) is 4.66. The fourth-order valence-corrected chi connectivity index (χ4v) is 2.80. The van der Waals surface area contributed by atoms with E-state index in [2.05, 4.69) is 17.4 Å². The van der Waals surface area contributed by atoms with E-state index in [-0.39, 0.29) is 0 Å². The smallest absolute Gasteiger partial charge is 0.0872 e. The summed E-state index contributed by atoms with van der Waals surface area (Å²) in [5.74, 6) is 0.626. The fourth-order valence-electron chi connectivity index (χ4n) is 2.80. The molecule has 3 rings (SSSR count). The molecule has 2 aliphatic rings. The molecule has 2 N–H and O–H groups in total. The number of hydrogen-bond acceptors (Lipinski definition) is 2. The second kappa shape index (κ2) is 2.51. The van der Waals surface area contributed by atoms with E-state index in [0.29, 0.717) is 5.92 Å². The number of rotatable bonds is 0. The third-order valence-corrected chi connectivity index (χ3v) is 3.61. The Bertz CT molecular complexity index is 384. The summed E-state index contributed by atoms with van der Waals surface area (Å²) in [5.41, 5.74) is 3.11. The first-order valence-corrected chi connectivity index (χ1v) is 5.28. The summed E-state index contributed by atoms with van der Waals surface area (Å²) in [6, 6.07) is 6.21. The highest BCUT2D eigenvalue weighted by Gasteiger charge is 2.37. The Kier molecular flexibility index (Phi) is 1.49. The molecule has 1 aromatic rings. The van der Waals surface area contributed by atoms with Gasteiger partial charge in [-0.25, -0.2) is 0 Å². The molecule has 0 radical (unpaired) electrons. The van der Waals surface area contributed by atoms with Gasteiger partial charge in [-0.2, -0.15) is 0 Å². The third-order valence-electron chi connectivity index (χ3n) is 3.61. The molecule has 2 atom stereocenters. The van der Waals surface area contributed by atoms with E-state index in [4.69, 9.17) is 0 Å². The van der Waals surface area contributed by atoms with Crippen molar-refractivity contribution in [3.05, 3.63) is 29.3 Å². The van der Waals surface area contributed by atoms with Gasteiger partial charge in [0.2, 0.25) is 0 Å². The summed E-state index contributed by atoms with van der Waals surface area (Å²) in [5, 5.41) is 13.7. The molecule has 14 heavy (non-hydrogen) atoms. The van der Waals surface area contributed by atoms with Crippen LogP contribution in [0.25, 0.3) is 0 Å². The van der Waals surface area contributed by atoms with Gasteiger partial charge in [0.15, 0.2) is 0 Å². The molecule has 2 unspecified atom stereocenters. The number of hydrogen-bond donors (Lipinski definition) is 2. The average Bonchev–Trinajstić information content (AvgIpc) is 2.57. The van der Waals surface area contributed by atoms with Crippen LogP contribution in [0.5, 0.6) is 0 Å². The minimum absolute atomic E-state index is 0.617. The van der Waals surface area contributed by atoms with Crippen LogP contribution in [0.4, 0.5) is 5.69 Å². The van der Waals surface area contributed by atoms with E-state index in [0.717, 1.165) is 24.9 Å². The Balaban J connectivity index is 2.25. The van der Waals surface area contributed by atoms with Crippen molar-refractivity contribution in [3.8, 4) is 0 Å². The van der Waals surface area contributed by atoms with Gasteiger partial charge < -0.3 is 10.4 Å². The molecule has 0 bridgehead atoms. The maximum Gasteiger partial charge on any atom is 0.0872 e. The predicted molar refractivity (Wildman–Crippen MR) is 56.5 cm³/mol. The van der Waals surface area contributed by atoms with Gasteiger partial charge in [0.25, 0.3) is 0 Å². The highest BCUT2D eigenvalue weighted by atomic mass is 16.3. The van der Waals surface area contributed by atoms with E-state index in [1.807, 2.05) is 13.0 Å². The number of nitrogens with one attached hydrogen (secondary N) is 1. The third kappa shape index (κ3) is 0.947. The average molecular weight is 189 g/mol. The molecule has 0 fully saturated rings. The molecule has 1 aliphatic carbocycles. The van der Waals surface area contributed by atoms with Crippen molar-refractivity contribution in [1.29, 1.82) is 0 Å². The van der Waals surface area contributed by atoms with Gasteiger partial charge in [0, 0.05) is 18.2 Å². The molecular weight excluding hydrogens is 174 g/mol. The lowest BCUT2D eigenvalue weighted by Gasteiger charge is -2.33. The molecule has 0 saturated heterocycles. The van der Waals surface area contributed by atoms with Gasteiger partial charge in [0.1, 0.15) is 0 Å². The molecule has 74 valence electrons. The summed E-state index contributed by atoms with van der Waals surface area (Å²) in [4.78, 5) is 0. The molecule has 2 heteroatoms. The first-order chi connectivity index (χ1) is 6.68. The Hall–Kier alpha value is -1.02. The SMILES string of the molecule is CC1(O)CCC2CNc3cccc1c32. The van der Waals surface area contributed by atoms with Crippen LogP contribution in [0, 0.1) is 0 Å². The van der Waals surface area contributed by atoms with Crippen molar-refractivity contribution < 1.29 is 5.11 Å². The predicted octanol–water partition coefficient (Wildman–Crippen LogP) is 2.20. The Morgan fingerprint density at radius 2 is 2.36 bits per heavy atom. The molecule has 0 aromatic heterocycles. The second-order valence-electron chi connectivity index (χ2n) is 4.66. The van der Waals surface area contributed by atoms with E-state index in [9.17, 15) is 5.11 Å². The fraction of sp³-hybridized carbons (Fsp3) is 0.500. The first-order valence-electron chi connectivity index (χ1n) is 5.28. The van der Waals surface area contributed by atoms with E-state index < -0.39 is 5.60 Å². The van der Waals surface area contributed by atoms with Crippen LogP contribution in [0.1, 0.15) is 36.8 Å².